The summed E-state index contributed by atoms with van der Waals surface area (Å²) in [4.78, 5) is 12.2. The number of carbonyl (C=O) groups excluding carboxylic acids is 1. The summed E-state index contributed by atoms with van der Waals surface area (Å²) in [5.74, 6) is -0.104. The van der Waals surface area contributed by atoms with Crippen molar-refractivity contribution in [2.75, 3.05) is 10.6 Å². The van der Waals surface area contributed by atoms with Crippen LogP contribution in [0.1, 0.15) is 10.4 Å². The summed E-state index contributed by atoms with van der Waals surface area (Å²) in [6.07, 6.45) is 0. The Labute approximate surface area is 148 Å². The molecule has 114 valence electrons. The van der Waals surface area contributed by atoms with Gasteiger partial charge in [0.2, 0.25) is 0 Å². The summed E-state index contributed by atoms with van der Waals surface area (Å²) >= 11 is 2.20. The molecule has 0 aliphatic rings. The molecule has 0 saturated heterocycles. The maximum Gasteiger partial charge on any atom is 0.255 e. The van der Waals surface area contributed by atoms with Crippen molar-refractivity contribution < 1.29 is 4.79 Å². The number of nitrogens with one attached hydrogen (secondary N) is 2. The van der Waals surface area contributed by atoms with Gasteiger partial charge in [0.1, 0.15) is 0 Å². The van der Waals surface area contributed by atoms with Gasteiger partial charge in [-0.3, -0.25) is 4.79 Å². The van der Waals surface area contributed by atoms with Crippen LogP contribution in [-0.2, 0) is 0 Å². The molecule has 0 bridgehead atoms. The van der Waals surface area contributed by atoms with E-state index in [-0.39, 0.29) is 5.91 Å². The van der Waals surface area contributed by atoms with Crippen LogP contribution in [0.25, 0.3) is 0 Å². The van der Waals surface area contributed by atoms with E-state index in [1.165, 1.54) is 0 Å². The fourth-order valence-corrected chi connectivity index (χ4v) is 2.70. The SMILES string of the molecule is O=C(Nc1ccc(Nc2ccccc2)cc1)c1cccc(I)c1. The first-order valence-electron chi connectivity index (χ1n) is 7.20. The highest BCUT2D eigenvalue weighted by atomic mass is 127. The average molecular weight is 414 g/mol. The van der Waals surface area contributed by atoms with Crippen molar-refractivity contribution in [3.8, 4) is 0 Å². The first-order chi connectivity index (χ1) is 11.2. The molecule has 0 heterocycles. The first-order valence-corrected chi connectivity index (χ1v) is 8.28. The highest BCUT2D eigenvalue weighted by Crippen LogP contribution is 2.19. The van der Waals surface area contributed by atoms with Crippen molar-refractivity contribution >= 4 is 45.6 Å². The number of rotatable bonds is 4. The van der Waals surface area contributed by atoms with E-state index in [4.69, 9.17) is 0 Å². The molecule has 3 aromatic rings. The molecule has 1 amide bonds. The minimum absolute atomic E-state index is 0.104. The van der Waals surface area contributed by atoms with E-state index >= 15 is 0 Å². The first kappa shape index (κ1) is 15.6. The number of benzene rings is 3. The molecular weight excluding hydrogens is 399 g/mol. The van der Waals surface area contributed by atoms with E-state index in [1.54, 1.807) is 0 Å². The van der Waals surface area contributed by atoms with Gasteiger partial charge in [0.05, 0.1) is 0 Å². The van der Waals surface area contributed by atoms with Crippen molar-refractivity contribution in [1.82, 2.24) is 0 Å². The molecule has 0 aromatic heterocycles. The van der Waals surface area contributed by atoms with Gasteiger partial charge in [0.25, 0.3) is 5.91 Å². The molecule has 3 rings (SSSR count). The molecule has 0 aliphatic heterocycles. The van der Waals surface area contributed by atoms with Crippen LogP contribution in [0, 0.1) is 3.57 Å². The van der Waals surface area contributed by atoms with Crippen molar-refractivity contribution in [3.05, 3.63) is 88.0 Å². The maximum atomic E-state index is 12.2. The Bertz CT molecular complexity index is 801. The van der Waals surface area contributed by atoms with Crippen molar-refractivity contribution in [2.45, 2.75) is 0 Å². The van der Waals surface area contributed by atoms with Gasteiger partial charge in [-0.15, -0.1) is 0 Å². The summed E-state index contributed by atoms with van der Waals surface area (Å²) in [5.41, 5.74) is 3.43. The molecule has 0 aliphatic carbocycles. The lowest BCUT2D eigenvalue weighted by Gasteiger charge is -2.09. The van der Waals surface area contributed by atoms with Gasteiger partial charge in [0, 0.05) is 26.2 Å². The second-order valence-corrected chi connectivity index (χ2v) is 6.28. The Morgan fingerprint density at radius 1 is 0.739 bits per heavy atom. The molecule has 0 spiro atoms. The molecule has 2 N–H and O–H groups in total. The third-order valence-corrected chi connectivity index (χ3v) is 3.96. The van der Waals surface area contributed by atoms with E-state index < -0.39 is 0 Å². The summed E-state index contributed by atoms with van der Waals surface area (Å²) in [6.45, 7) is 0. The largest absolute Gasteiger partial charge is 0.356 e. The van der Waals surface area contributed by atoms with Crippen LogP contribution in [0.4, 0.5) is 17.1 Å². The third-order valence-electron chi connectivity index (χ3n) is 3.29. The average Bonchev–Trinajstić information content (AvgIpc) is 2.57. The monoisotopic (exact) mass is 414 g/mol. The van der Waals surface area contributed by atoms with E-state index in [0.29, 0.717) is 5.56 Å². The maximum absolute atomic E-state index is 12.2. The Morgan fingerprint density at radius 2 is 1.39 bits per heavy atom. The molecule has 23 heavy (non-hydrogen) atoms. The molecule has 0 fully saturated rings. The van der Waals surface area contributed by atoms with E-state index in [2.05, 4.69) is 33.2 Å². The van der Waals surface area contributed by atoms with Crippen molar-refractivity contribution in [3.63, 3.8) is 0 Å². The van der Waals surface area contributed by atoms with Gasteiger partial charge in [-0.2, -0.15) is 0 Å². The van der Waals surface area contributed by atoms with Crippen LogP contribution in [0.2, 0.25) is 0 Å². The lowest BCUT2D eigenvalue weighted by Crippen LogP contribution is -2.11. The Hall–Kier alpha value is -2.34. The van der Waals surface area contributed by atoms with E-state index in [0.717, 1.165) is 20.6 Å². The van der Waals surface area contributed by atoms with Crippen LogP contribution in [0.3, 0.4) is 0 Å². The quantitative estimate of drug-likeness (QED) is 0.570. The number of anilines is 3. The van der Waals surface area contributed by atoms with Gasteiger partial charge < -0.3 is 10.6 Å². The number of hydrogen-bond acceptors (Lipinski definition) is 2. The van der Waals surface area contributed by atoms with Crippen LogP contribution < -0.4 is 10.6 Å². The molecule has 4 heteroatoms. The van der Waals surface area contributed by atoms with Gasteiger partial charge in [-0.1, -0.05) is 24.3 Å². The normalized spacial score (nSPS) is 10.1. The molecule has 3 nitrogen and oxygen atoms in total. The van der Waals surface area contributed by atoms with Crippen LogP contribution in [0.5, 0.6) is 0 Å². The predicted octanol–water partition coefficient (Wildman–Crippen LogP) is 5.29. The minimum atomic E-state index is -0.104. The smallest absolute Gasteiger partial charge is 0.255 e. The van der Waals surface area contributed by atoms with Crippen molar-refractivity contribution in [2.24, 2.45) is 0 Å². The topological polar surface area (TPSA) is 41.1 Å². The Balaban J connectivity index is 1.67. The fraction of sp³-hybridized carbons (Fsp3) is 0. The number of amides is 1. The second kappa shape index (κ2) is 7.28. The zero-order valence-corrected chi connectivity index (χ0v) is 14.4. The summed E-state index contributed by atoms with van der Waals surface area (Å²) in [7, 11) is 0. The minimum Gasteiger partial charge on any atom is -0.356 e. The summed E-state index contributed by atoms with van der Waals surface area (Å²) in [5, 5.41) is 6.22. The van der Waals surface area contributed by atoms with Crippen LogP contribution in [0.15, 0.2) is 78.9 Å². The zero-order chi connectivity index (χ0) is 16.1. The van der Waals surface area contributed by atoms with Crippen molar-refractivity contribution in [1.29, 1.82) is 0 Å². The lowest BCUT2D eigenvalue weighted by atomic mass is 10.2. The zero-order valence-electron chi connectivity index (χ0n) is 12.3. The Kier molecular flexibility index (Phi) is 4.92. The molecular formula is C19H15IN2O. The number of carbonyl (C=O) groups is 1. The standard InChI is InChI=1S/C19H15IN2O/c20-15-6-4-5-14(13-15)19(23)22-18-11-9-17(10-12-18)21-16-7-2-1-3-8-16/h1-13,21H,(H,22,23). The molecule has 3 aromatic carbocycles. The number of hydrogen-bond donors (Lipinski definition) is 2. The predicted molar refractivity (Wildman–Crippen MR) is 103 cm³/mol. The van der Waals surface area contributed by atoms with Gasteiger partial charge in [-0.05, 0) is 77.2 Å². The lowest BCUT2D eigenvalue weighted by molar-refractivity contribution is 0.102. The Morgan fingerprint density at radius 3 is 2.09 bits per heavy atom. The molecule has 0 unspecified atom stereocenters. The van der Waals surface area contributed by atoms with Gasteiger partial charge in [0.15, 0.2) is 0 Å². The van der Waals surface area contributed by atoms with Crippen LogP contribution >= 0.6 is 22.6 Å². The molecule has 0 radical (unpaired) electrons. The second-order valence-electron chi connectivity index (χ2n) is 5.03. The molecule has 0 atom stereocenters. The van der Waals surface area contributed by atoms with Gasteiger partial charge >= 0.3 is 0 Å². The highest BCUT2D eigenvalue weighted by molar-refractivity contribution is 14.1. The summed E-state index contributed by atoms with van der Waals surface area (Å²) < 4.78 is 1.04. The van der Waals surface area contributed by atoms with E-state index in [1.807, 2.05) is 78.9 Å². The molecule has 0 saturated carbocycles. The highest BCUT2D eigenvalue weighted by Gasteiger charge is 2.06. The summed E-state index contributed by atoms with van der Waals surface area (Å²) in [6, 6.07) is 25.1. The number of halogens is 1. The fourth-order valence-electron chi connectivity index (χ4n) is 2.16. The number of para-hydroxylation sites is 1. The third kappa shape index (κ3) is 4.32. The van der Waals surface area contributed by atoms with Crippen LogP contribution in [-0.4, -0.2) is 5.91 Å². The van der Waals surface area contributed by atoms with E-state index in [9.17, 15) is 4.79 Å². The van der Waals surface area contributed by atoms with Gasteiger partial charge in [-0.25, -0.2) is 0 Å².